The Morgan fingerprint density at radius 1 is 1.25 bits per heavy atom. The Bertz CT molecular complexity index is 669. The van der Waals surface area contributed by atoms with Crippen LogP contribution in [-0.4, -0.2) is 15.2 Å². The summed E-state index contributed by atoms with van der Waals surface area (Å²) in [7, 11) is 0. The highest BCUT2D eigenvalue weighted by atomic mass is 32.2. The number of hydrogen-bond acceptors (Lipinski definition) is 5. The number of aromatic nitrogens is 2. The maximum atomic E-state index is 8.93. The Morgan fingerprint density at radius 3 is 2.55 bits per heavy atom. The number of thioether (sulfide) groups is 1. The lowest BCUT2D eigenvalue weighted by atomic mass is 10.2. The van der Waals surface area contributed by atoms with Crippen molar-refractivity contribution in [2.45, 2.75) is 17.3 Å². The van der Waals surface area contributed by atoms with Gasteiger partial charge in [-0.15, -0.1) is 22.7 Å². The predicted octanol–water partition coefficient (Wildman–Crippen LogP) is 4.87. The lowest BCUT2D eigenvalue weighted by molar-refractivity contribution is 1.05. The molecule has 1 unspecified atom stereocenters. The Kier molecular flexibility index (Phi) is 3.92. The molecule has 3 aromatic rings. The molecule has 1 N–H and O–H groups in total. The van der Waals surface area contributed by atoms with E-state index in [9.17, 15) is 0 Å². The molecule has 0 aromatic carbocycles. The van der Waals surface area contributed by atoms with Gasteiger partial charge in [0, 0.05) is 0 Å². The average Bonchev–Trinajstić information content (AvgIpc) is 3.18. The van der Waals surface area contributed by atoms with E-state index in [1.165, 1.54) is 11.8 Å². The number of aromatic amines is 1. The summed E-state index contributed by atoms with van der Waals surface area (Å²) >= 11 is 4.81. The van der Waals surface area contributed by atoms with Gasteiger partial charge < -0.3 is 4.98 Å². The van der Waals surface area contributed by atoms with Crippen molar-refractivity contribution in [3.05, 3.63) is 35.0 Å². The van der Waals surface area contributed by atoms with Gasteiger partial charge in [0.15, 0.2) is 5.16 Å². The fourth-order valence-corrected chi connectivity index (χ4v) is 3.93. The molecule has 0 bridgehead atoms. The molecule has 0 saturated carbocycles. The van der Waals surface area contributed by atoms with Crippen LogP contribution in [0.25, 0.3) is 21.1 Å². The van der Waals surface area contributed by atoms with Crippen LogP contribution >= 0.6 is 34.4 Å². The molecule has 20 heavy (non-hydrogen) atoms. The molecule has 0 aliphatic heterocycles. The van der Waals surface area contributed by atoms with Gasteiger partial charge >= 0.3 is 0 Å². The number of H-pyrrole nitrogens is 1. The summed E-state index contributed by atoms with van der Waals surface area (Å²) in [4.78, 5) is 10.3. The molecule has 1 atom stereocenters. The average molecular weight is 317 g/mol. The number of rotatable bonds is 4. The third-order valence-corrected chi connectivity index (χ3v) is 5.31. The summed E-state index contributed by atoms with van der Waals surface area (Å²) in [5.41, 5.74) is 2.00. The Morgan fingerprint density at radius 2 is 1.95 bits per heavy atom. The summed E-state index contributed by atoms with van der Waals surface area (Å²) in [5, 5.41) is 13.7. The zero-order valence-electron chi connectivity index (χ0n) is 10.7. The first kappa shape index (κ1) is 13.4. The van der Waals surface area contributed by atoms with Gasteiger partial charge in [-0.1, -0.05) is 23.9 Å². The van der Waals surface area contributed by atoms with Crippen LogP contribution < -0.4 is 0 Å². The van der Waals surface area contributed by atoms with Crippen molar-refractivity contribution in [2.24, 2.45) is 0 Å². The van der Waals surface area contributed by atoms with Gasteiger partial charge in [-0.05, 0) is 29.8 Å². The molecule has 100 valence electrons. The van der Waals surface area contributed by atoms with E-state index in [1.54, 1.807) is 22.7 Å². The van der Waals surface area contributed by atoms with E-state index in [4.69, 9.17) is 5.26 Å². The molecule has 0 spiro atoms. The molecule has 0 amide bonds. The monoisotopic (exact) mass is 317 g/mol. The summed E-state index contributed by atoms with van der Waals surface area (Å²) < 4.78 is 0. The smallest absolute Gasteiger partial charge is 0.167 e. The van der Waals surface area contributed by atoms with Gasteiger partial charge in [0.25, 0.3) is 0 Å². The van der Waals surface area contributed by atoms with Crippen LogP contribution in [0.1, 0.15) is 6.92 Å². The fourth-order valence-electron chi connectivity index (χ4n) is 1.79. The van der Waals surface area contributed by atoms with Crippen molar-refractivity contribution in [3.8, 4) is 27.2 Å². The molecular weight excluding hydrogens is 306 g/mol. The van der Waals surface area contributed by atoms with Crippen LogP contribution in [0.2, 0.25) is 0 Å². The normalized spacial score (nSPS) is 12.2. The number of imidazole rings is 1. The first-order valence-corrected chi connectivity index (χ1v) is 8.66. The number of nitrogens with one attached hydrogen (secondary N) is 1. The maximum absolute atomic E-state index is 8.93. The SMILES string of the molecule is CC(C#N)Sc1nc(-c2cccs2)c(-c2cccs2)[nH]1. The highest BCUT2D eigenvalue weighted by molar-refractivity contribution is 8.00. The van der Waals surface area contributed by atoms with Crippen molar-refractivity contribution in [2.75, 3.05) is 0 Å². The van der Waals surface area contributed by atoms with Gasteiger partial charge in [-0.2, -0.15) is 5.26 Å². The van der Waals surface area contributed by atoms with Crippen LogP contribution in [0.4, 0.5) is 0 Å². The molecule has 3 nitrogen and oxygen atoms in total. The molecule has 3 rings (SSSR count). The van der Waals surface area contributed by atoms with E-state index in [2.05, 4.69) is 33.5 Å². The molecule has 0 radical (unpaired) electrons. The van der Waals surface area contributed by atoms with Gasteiger partial charge in [-0.3, -0.25) is 0 Å². The number of nitriles is 1. The molecule has 3 heterocycles. The number of hydrogen-bond donors (Lipinski definition) is 1. The summed E-state index contributed by atoms with van der Waals surface area (Å²) in [5.74, 6) is 0. The molecule has 0 fully saturated rings. The minimum atomic E-state index is -0.117. The molecule has 0 saturated heterocycles. The van der Waals surface area contributed by atoms with E-state index in [0.29, 0.717) is 0 Å². The second kappa shape index (κ2) is 5.83. The van der Waals surface area contributed by atoms with E-state index >= 15 is 0 Å². The van der Waals surface area contributed by atoms with Gasteiger partial charge in [0.1, 0.15) is 5.69 Å². The molecule has 3 aromatic heterocycles. The third kappa shape index (κ3) is 2.66. The Balaban J connectivity index is 2.05. The van der Waals surface area contributed by atoms with Crippen molar-refractivity contribution in [3.63, 3.8) is 0 Å². The maximum Gasteiger partial charge on any atom is 0.167 e. The molecule has 6 heteroatoms. The minimum absolute atomic E-state index is 0.117. The summed E-state index contributed by atoms with van der Waals surface area (Å²) in [6.07, 6.45) is 0. The van der Waals surface area contributed by atoms with Gasteiger partial charge in [-0.25, -0.2) is 4.98 Å². The summed E-state index contributed by atoms with van der Waals surface area (Å²) in [6.45, 7) is 1.88. The topological polar surface area (TPSA) is 52.5 Å². The second-order valence-electron chi connectivity index (χ2n) is 4.11. The quantitative estimate of drug-likeness (QED) is 0.698. The zero-order valence-corrected chi connectivity index (χ0v) is 13.1. The number of nitrogens with zero attached hydrogens (tertiary/aromatic N) is 2. The summed E-state index contributed by atoms with van der Waals surface area (Å²) in [6, 6.07) is 10.4. The Hall–Kier alpha value is -1.55. The standard InChI is InChI=1S/C14H11N3S3/c1-9(8-15)20-14-16-12(10-4-2-6-18-10)13(17-14)11-5-3-7-19-11/h2-7,9H,1H3,(H,16,17). The van der Waals surface area contributed by atoms with Crippen LogP contribution in [0.5, 0.6) is 0 Å². The first-order chi connectivity index (χ1) is 9.78. The van der Waals surface area contributed by atoms with Crippen molar-refractivity contribution < 1.29 is 0 Å². The Labute approximate surface area is 129 Å². The third-order valence-electron chi connectivity index (χ3n) is 2.67. The van der Waals surface area contributed by atoms with Crippen LogP contribution in [0.3, 0.4) is 0 Å². The van der Waals surface area contributed by atoms with Crippen molar-refractivity contribution >= 4 is 34.4 Å². The van der Waals surface area contributed by atoms with Crippen molar-refractivity contribution in [1.29, 1.82) is 5.26 Å². The van der Waals surface area contributed by atoms with Crippen LogP contribution in [0, 0.1) is 11.3 Å². The lowest BCUT2D eigenvalue weighted by Gasteiger charge is -1.96. The molecule has 0 aliphatic rings. The van der Waals surface area contributed by atoms with Crippen LogP contribution in [-0.2, 0) is 0 Å². The van der Waals surface area contributed by atoms with E-state index in [-0.39, 0.29) is 5.25 Å². The van der Waals surface area contributed by atoms with Crippen LogP contribution in [0.15, 0.2) is 40.2 Å². The first-order valence-electron chi connectivity index (χ1n) is 6.02. The molecular formula is C14H11N3S3. The number of thiophene rings is 2. The van der Waals surface area contributed by atoms with E-state index in [1.807, 2.05) is 24.4 Å². The highest BCUT2D eigenvalue weighted by Crippen LogP contribution is 2.37. The predicted molar refractivity (Wildman–Crippen MR) is 86.1 cm³/mol. The van der Waals surface area contributed by atoms with Crippen molar-refractivity contribution in [1.82, 2.24) is 9.97 Å². The highest BCUT2D eigenvalue weighted by Gasteiger charge is 2.17. The zero-order chi connectivity index (χ0) is 13.9. The van der Waals surface area contributed by atoms with Gasteiger partial charge in [0.2, 0.25) is 0 Å². The minimum Gasteiger partial charge on any atom is -0.332 e. The second-order valence-corrected chi connectivity index (χ2v) is 7.33. The lowest BCUT2D eigenvalue weighted by Crippen LogP contribution is -1.90. The molecule has 0 aliphatic carbocycles. The van der Waals surface area contributed by atoms with Gasteiger partial charge in [0.05, 0.1) is 26.8 Å². The fraction of sp³-hybridized carbons (Fsp3) is 0.143. The largest absolute Gasteiger partial charge is 0.332 e. The van der Waals surface area contributed by atoms with E-state index in [0.717, 1.165) is 26.3 Å². The van der Waals surface area contributed by atoms with E-state index < -0.39 is 0 Å².